The van der Waals surface area contributed by atoms with Gasteiger partial charge in [0, 0.05) is 25.1 Å². The van der Waals surface area contributed by atoms with Gasteiger partial charge in [-0.25, -0.2) is 21.5 Å². The van der Waals surface area contributed by atoms with Gasteiger partial charge in [-0.05, 0) is 49.2 Å². The molecule has 0 spiro atoms. The number of aromatic nitrogens is 2. The number of amides is 2. The normalized spacial score (nSPS) is 10.7. The highest BCUT2D eigenvalue weighted by atomic mass is 16.5. The van der Waals surface area contributed by atoms with E-state index in [-0.39, 0.29) is 6.61 Å². The third kappa shape index (κ3) is 4.36. The van der Waals surface area contributed by atoms with Crippen molar-refractivity contribution in [3.05, 3.63) is 59.0 Å². The van der Waals surface area contributed by atoms with Crippen molar-refractivity contribution in [1.29, 1.82) is 0 Å². The van der Waals surface area contributed by atoms with Gasteiger partial charge in [0.1, 0.15) is 12.4 Å². The Morgan fingerprint density at radius 2 is 1.86 bits per heavy atom. The minimum atomic E-state index is -0.535. The van der Waals surface area contributed by atoms with Gasteiger partial charge in [0.2, 0.25) is 11.8 Å². The van der Waals surface area contributed by atoms with E-state index in [0.717, 1.165) is 32.3 Å². The summed E-state index contributed by atoms with van der Waals surface area (Å²) in [5, 5.41) is 9.82. The average molecular weight is 396 g/mol. The molecule has 152 valence electrons. The van der Waals surface area contributed by atoms with Crippen molar-refractivity contribution in [2.24, 2.45) is 11.7 Å². The van der Waals surface area contributed by atoms with Gasteiger partial charge in [-0.15, -0.1) is 10.2 Å². The number of aryl methyl sites for hydroxylation is 3. The standard InChI is InChI=1S/C20H24N6O3/c1-12-6-5-7-17(26(22)20(27)25(4)21)16(12)11-28-18-9-8-15(10-13(18)2)19-24-23-14(3)29-19/h5-10H,11,21-22H2,1-4H3. The van der Waals surface area contributed by atoms with E-state index < -0.39 is 6.03 Å². The lowest BCUT2D eigenvalue weighted by Gasteiger charge is -2.24. The highest BCUT2D eigenvalue weighted by Crippen LogP contribution is 2.28. The number of hydrazine groups is 2. The topological polar surface area (TPSA) is 124 Å². The van der Waals surface area contributed by atoms with Gasteiger partial charge < -0.3 is 9.15 Å². The number of rotatable bonds is 5. The van der Waals surface area contributed by atoms with Gasteiger partial charge in [0.05, 0.1) is 5.69 Å². The fraction of sp³-hybridized carbons (Fsp3) is 0.250. The summed E-state index contributed by atoms with van der Waals surface area (Å²) < 4.78 is 11.5. The zero-order valence-electron chi connectivity index (χ0n) is 16.8. The van der Waals surface area contributed by atoms with E-state index in [4.69, 9.17) is 20.8 Å². The van der Waals surface area contributed by atoms with Crippen LogP contribution in [0.1, 0.15) is 22.6 Å². The highest BCUT2D eigenvalue weighted by molar-refractivity contribution is 5.91. The second kappa shape index (κ2) is 8.29. The Kier molecular flexibility index (Phi) is 5.81. The molecule has 2 aromatic carbocycles. The van der Waals surface area contributed by atoms with E-state index in [1.165, 1.54) is 7.05 Å². The zero-order chi connectivity index (χ0) is 21.1. The van der Waals surface area contributed by atoms with Crippen molar-refractivity contribution in [2.45, 2.75) is 27.4 Å². The molecule has 0 radical (unpaired) electrons. The first-order chi connectivity index (χ1) is 13.8. The quantitative estimate of drug-likeness (QED) is 0.386. The molecule has 0 unspecified atom stereocenters. The average Bonchev–Trinajstić information content (AvgIpc) is 3.12. The van der Waals surface area contributed by atoms with E-state index in [1.807, 2.05) is 44.2 Å². The molecule has 0 aliphatic carbocycles. The number of nitrogens with two attached hydrogens (primary N) is 2. The van der Waals surface area contributed by atoms with Crippen molar-refractivity contribution in [3.8, 4) is 17.2 Å². The van der Waals surface area contributed by atoms with Gasteiger partial charge in [0.25, 0.3) is 0 Å². The molecule has 0 bridgehead atoms. The van der Waals surface area contributed by atoms with Crippen LogP contribution in [0.5, 0.6) is 5.75 Å². The van der Waals surface area contributed by atoms with Crippen LogP contribution in [0.3, 0.4) is 0 Å². The highest BCUT2D eigenvalue weighted by Gasteiger charge is 2.19. The molecule has 4 N–H and O–H groups in total. The van der Waals surface area contributed by atoms with Crippen LogP contribution in [0.4, 0.5) is 10.5 Å². The van der Waals surface area contributed by atoms with Crippen molar-refractivity contribution in [3.63, 3.8) is 0 Å². The second-order valence-corrected chi connectivity index (χ2v) is 6.73. The maximum absolute atomic E-state index is 12.2. The van der Waals surface area contributed by atoms with Crippen LogP contribution in [0.15, 0.2) is 40.8 Å². The van der Waals surface area contributed by atoms with E-state index in [2.05, 4.69) is 10.2 Å². The Balaban J connectivity index is 1.82. The number of anilines is 1. The molecule has 2 amide bonds. The third-order valence-corrected chi connectivity index (χ3v) is 4.47. The smallest absolute Gasteiger partial charge is 0.352 e. The molecular weight excluding hydrogens is 372 g/mol. The number of nitrogens with zero attached hydrogens (tertiary/aromatic N) is 4. The van der Waals surface area contributed by atoms with E-state index in [9.17, 15) is 4.79 Å². The first kappa shape index (κ1) is 20.3. The Morgan fingerprint density at radius 1 is 1.10 bits per heavy atom. The molecule has 29 heavy (non-hydrogen) atoms. The Hall–Kier alpha value is -3.43. The van der Waals surface area contributed by atoms with Gasteiger partial charge in [-0.3, -0.25) is 5.01 Å². The Bertz CT molecular complexity index is 1030. The molecule has 0 aliphatic heterocycles. The predicted molar refractivity (Wildman–Crippen MR) is 109 cm³/mol. The van der Waals surface area contributed by atoms with Gasteiger partial charge >= 0.3 is 6.03 Å². The molecular formula is C20H24N6O3. The molecule has 3 aromatic rings. The van der Waals surface area contributed by atoms with Crippen LogP contribution in [0.25, 0.3) is 11.5 Å². The van der Waals surface area contributed by atoms with Gasteiger partial charge in [0.15, 0.2) is 0 Å². The lowest BCUT2D eigenvalue weighted by molar-refractivity contribution is 0.216. The van der Waals surface area contributed by atoms with E-state index in [1.54, 1.807) is 13.0 Å². The minimum absolute atomic E-state index is 0.233. The van der Waals surface area contributed by atoms with Gasteiger partial charge in [-0.1, -0.05) is 12.1 Å². The predicted octanol–water partition coefficient (Wildman–Crippen LogP) is 2.85. The Morgan fingerprint density at radius 3 is 2.48 bits per heavy atom. The maximum atomic E-state index is 12.2. The maximum Gasteiger partial charge on any atom is 0.352 e. The lowest BCUT2D eigenvalue weighted by atomic mass is 10.1. The van der Waals surface area contributed by atoms with Crippen LogP contribution in [0.2, 0.25) is 0 Å². The SMILES string of the molecule is Cc1nnc(-c2ccc(OCc3c(C)cccc3N(N)C(=O)N(C)N)c(C)c2)o1. The zero-order valence-corrected chi connectivity index (χ0v) is 16.8. The van der Waals surface area contributed by atoms with Crippen molar-refractivity contribution in [2.75, 3.05) is 12.1 Å². The number of urea groups is 1. The molecule has 9 heteroatoms. The summed E-state index contributed by atoms with van der Waals surface area (Å²) in [5.74, 6) is 13.2. The second-order valence-electron chi connectivity index (χ2n) is 6.73. The van der Waals surface area contributed by atoms with Crippen molar-refractivity contribution in [1.82, 2.24) is 15.2 Å². The molecule has 3 rings (SSSR count). The molecule has 1 heterocycles. The third-order valence-electron chi connectivity index (χ3n) is 4.47. The lowest BCUT2D eigenvalue weighted by Crippen LogP contribution is -2.49. The summed E-state index contributed by atoms with van der Waals surface area (Å²) in [7, 11) is 1.43. The molecule has 0 saturated heterocycles. The summed E-state index contributed by atoms with van der Waals surface area (Å²) in [5.41, 5.74) is 4.00. The van der Waals surface area contributed by atoms with E-state index >= 15 is 0 Å². The minimum Gasteiger partial charge on any atom is -0.489 e. The molecule has 0 aliphatic rings. The van der Waals surface area contributed by atoms with Crippen LogP contribution >= 0.6 is 0 Å². The number of hydrogen-bond donors (Lipinski definition) is 2. The van der Waals surface area contributed by atoms with Crippen LogP contribution in [-0.4, -0.2) is 28.3 Å². The van der Waals surface area contributed by atoms with Crippen molar-refractivity contribution < 1.29 is 13.9 Å². The summed E-state index contributed by atoms with van der Waals surface area (Å²) in [6.07, 6.45) is 0. The summed E-state index contributed by atoms with van der Waals surface area (Å²) in [6.45, 7) is 5.84. The fourth-order valence-corrected chi connectivity index (χ4v) is 2.88. The van der Waals surface area contributed by atoms with Crippen LogP contribution in [-0.2, 0) is 6.61 Å². The number of benzene rings is 2. The molecule has 9 nitrogen and oxygen atoms in total. The Labute approximate surface area is 168 Å². The largest absolute Gasteiger partial charge is 0.489 e. The number of carbonyl (C=O) groups excluding carboxylic acids is 1. The first-order valence-electron chi connectivity index (χ1n) is 8.97. The fourth-order valence-electron chi connectivity index (χ4n) is 2.88. The summed E-state index contributed by atoms with van der Waals surface area (Å²) >= 11 is 0. The van der Waals surface area contributed by atoms with Crippen LogP contribution < -0.4 is 21.4 Å². The number of hydrogen-bond acceptors (Lipinski definition) is 7. The summed E-state index contributed by atoms with van der Waals surface area (Å²) in [4.78, 5) is 12.2. The monoisotopic (exact) mass is 396 g/mol. The number of carbonyl (C=O) groups is 1. The van der Waals surface area contributed by atoms with Crippen LogP contribution in [0, 0.1) is 20.8 Å². The van der Waals surface area contributed by atoms with E-state index in [0.29, 0.717) is 23.2 Å². The number of ether oxygens (including phenoxy) is 1. The summed E-state index contributed by atoms with van der Waals surface area (Å²) in [6, 6.07) is 10.6. The van der Waals surface area contributed by atoms with Gasteiger partial charge in [-0.2, -0.15) is 0 Å². The first-order valence-corrected chi connectivity index (χ1v) is 8.97. The molecule has 1 aromatic heterocycles. The molecule has 0 saturated carbocycles. The van der Waals surface area contributed by atoms with Crippen molar-refractivity contribution >= 4 is 11.7 Å². The molecule has 0 atom stereocenters. The molecule has 0 fully saturated rings.